The Balaban J connectivity index is 1.97. The topological polar surface area (TPSA) is 67.4 Å². The van der Waals surface area contributed by atoms with E-state index in [2.05, 4.69) is 10.6 Å². The monoisotopic (exact) mass is 350 g/mol. The fraction of sp³-hybridized carbons (Fsp3) is 0.176. The third kappa shape index (κ3) is 4.45. The standard InChI is InChI=1S/C17H16ClFN2O3/c1-10-7-14(15(24-2)8-13(10)18)21-16(22)9-20-17(23)11-3-5-12(19)6-4-11/h3-8H,9H2,1-2H3,(H,20,23)(H,21,22). The molecule has 126 valence electrons. The van der Waals surface area contributed by atoms with Crippen LogP contribution in [-0.2, 0) is 4.79 Å². The Kier molecular flexibility index (Phi) is 5.76. The van der Waals surface area contributed by atoms with Gasteiger partial charge in [0.15, 0.2) is 0 Å². The number of carbonyl (C=O) groups excluding carboxylic acids is 2. The van der Waals surface area contributed by atoms with Gasteiger partial charge in [0.25, 0.3) is 5.91 Å². The molecule has 7 heteroatoms. The molecule has 5 nitrogen and oxygen atoms in total. The first kappa shape index (κ1) is 17.7. The highest BCUT2D eigenvalue weighted by Crippen LogP contribution is 2.30. The van der Waals surface area contributed by atoms with Crippen LogP contribution in [0.15, 0.2) is 36.4 Å². The van der Waals surface area contributed by atoms with E-state index in [1.807, 2.05) is 0 Å². The van der Waals surface area contributed by atoms with Crippen LogP contribution in [0.25, 0.3) is 0 Å². The van der Waals surface area contributed by atoms with E-state index in [1.165, 1.54) is 31.4 Å². The lowest BCUT2D eigenvalue weighted by Crippen LogP contribution is -2.32. The highest BCUT2D eigenvalue weighted by atomic mass is 35.5. The molecule has 2 rings (SSSR count). The number of halogens is 2. The third-order valence-electron chi connectivity index (χ3n) is 3.27. The number of benzene rings is 2. The van der Waals surface area contributed by atoms with E-state index >= 15 is 0 Å². The average Bonchev–Trinajstić information content (AvgIpc) is 2.56. The number of nitrogens with one attached hydrogen (secondary N) is 2. The van der Waals surface area contributed by atoms with Gasteiger partial charge in [-0.25, -0.2) is 4.39 Å². The summed E-state index contributed by atoms with van der Waals surface area (Å²) in [5.74, 6) is -0.909. The molecule has 0 saturated heterocycles. The molecule has 24 heavy (non-hydrogen) atoms. The van der Waals surface area contributed by atoms with Gasteiger partial charge in [-0.3, -0.25) is 9.59 Å². The third-order valence-corrected chi connectivity index (χ3v) is 3.68. The molecule has 2 amide bonds. The molecule has 2 aromatic carbocycles. The average molecular weight is 351 g/mol. The van der Waals surface area contributed by atoms with E-state index in [0.717, 1.165) is 5.56 Å². The van der Waals surface area contributed by atoms with E-state index < -0.39 is 17.6 Å². The van der Waals surface area contributed by atoms with Gasteiger partial charge in [0.05, 0.1) is 19.3 Å². The minimum Gasteiger partial charge on any atom is -0.495 e. The lowest BCUT2D eigenvalue weighted by molar-refractivity contribution is -0.115. The largest absolute Gasteiger partial charge is 0.495 e. The molecule has 0 aliphatic heterocycles. The first-order chi connectivity index (χ1) is 11.4. The summed E-state index contributed by atoms with van der Waals surface area (Å²) in [5.41, 5.74) is 1.51. The van der Waals surface area contributed by atoms with Crippen LogP contribution in [0.5, 0.6) is 5.75 Å². The number of amides is 2. The number of methoxy groups -OCH3 is 1. The van der Waals surface area contributed by atoms with Crippen molar-refractivity contribution in [3.63, 3.8) is 0 Å². The van der Waals surface area contributed by atoms with Crippen molar-refractivity contribution in [3.8, 4) is 5.75 Å². The Morgan fingerprint density at radius 1 is 1.21 bits per heavy atom. The zero-order chi connectivity index (χ0) is 17.7. The maximum Gasteiger partial charge on any atom is 0.251 e. The molecule has 0 spiro atoms. The van der Waals surface area contributed by atoms with Crippen LogP contribution in [0.4, 0.5) is 10.1 Å². The number of hydrogen-bond donors (Lipinski definition) is 2. The van der Waals surface area contributed by atoms with Crippen LogP contribution in [-0.4, -0.2) is 25.5 Å². The van der Waals surface area contributed by atoms with Gasteiger partial charge in [-0.15, -0.1) is 0 Å². The molecule has 0 saturated carbocycles. The van der Waals surface area contributed by atoms with Crippen molar-refractivity contribution < 1.29 is 18.7 Å². The van der Waals surface area contributed by atoms with E-state index in [4.69, 9.17) is 16.3 Å². The minimum atomic E-state index is -0.468. The molecule has 0 heterocycles. The Bertz CT molecular complexity index is 763. The molecular formula is C17H16ClFN2O3. The summed E-state index contributed by atoms with van der Waals surface area (Å²) in [6, 6.07) is 8.32. The van der Waals surface area contributed by atoms with Gasteiger partial charge in [0, 0.05) is 16.7 Å². The smallest absolute Gasteiger partial charge is 0.251 e. The van der Waals surface area contributed by atoms with Gasteiger partial charge in [-0.05, 0) is 42.8 Å². The zero-order valence-corrected chi connectivity index (χ0v) is 13.9. The van der Waals surface area contributed by atoms with Gasteiger partial charge in [0.1, 0.15) is 11.6 Å². The Morgan fingerprint density at radius 3 is 2.50 bits per heavy atom. The van der Waals surface area contributed by atoms with Crippen molar-refractivity contribution in [1.82, 2.24) is 5.32 Å². The number of aryl methyl sites for hydroxylation is 1. The quantitative estimate of drug-likeness (QED) is 0.870. The van der Waals surface area contributed by atoms with Gasteiger partial charge < -0.3 is 15.4 Å². The predicted molar refractivity (Wildman–Crippen MR) is 90.1 cm³/mol. The first-order valence-electron chi connectivity index (χ1n) is 7.08. The fourth-order valence-corrected chi connectivity index (χ4v) is 2.14. The number of carbonyl (C=O) groups is 2. The van der Waals surface area contributed by atoms with Crippen molar-refractivity contribution in [2.45, 2.75) is 6.92 Å². The van der Waals surface area contributed by atoms with Crippen LogP contribution >= 0.6 is 11.6 Å². The van der Waals surface area contributed by atoms with E-state index in [0.29, 0.717) is 16.5 Å². The first-order valence-corrected chi connectivity index (χ1v) is 7.46. The van der Waals surface area contributed by atoms with Gasteiger partial charge in [-0.2, -0.15) is 0 Å². The summed E-state index contributed by atoms with van der Waals surface area (Å²) in [7, 11) is 1.47. The molecule has 0 atom stereocenters. The van der Waals surface area contributed by atoms with Crippen molar-refractivity contribution >= 4 is 29.1 Å². The highest BCUT2D eigenvalue weighted by Gasteiger charge is 2.12. The number of ether oxygens (including phenoxy) is 1. The molecule has 0 aliphatic rings. The maximum atomic E-state index is 12.8. The second-order valence-electron chi connectivity index (χ2n) is 5.04. The number of anilines is 1. The lowest BCUT2D eigenvalue weighted by atomic mass is 10.2. The molecule has 2 N–H and O–H groups in total. The summed E-state index contributed by atoms with van der Waals surface area (Å²) < 4.78 is 18.0. The second-order valence-corrected chi connectivity index (χ2v) is 5.45. The second kappa shape index (κ2) is 7.79. The van der Waals surface area contributed by atoms with Crippen LogP contribution in [0, 0.1) is 12.7 Å². The van der Waals surface area contributed by atoms with Crippen molar-refractivity contribution in [2.75, 3.05) is 19.0 Å². The van der Waals surface area contributed by atoms with Crippen LogP contribution < -0.4 is 15.4 Å². The van der Waals surface area contributed by atoms with Crippen LogP contribution in [0.3, 0.4) is 0 Å². The van der Waals surface area contributed by atoms with Crippen molar-refractivity contribution in [1.29, 1.82) is 0 Å². The minimum absolute atomic E-state index is 0.235. The lowest BCUT2D eigenvalue weighted by Gasteiger charge is -2.12. The molecule has 0 bridgehead atoms. The summed E-state index contributed by atoms with van der Waals surface area (Å²) >= 11 is 6.01. The number of hydrogen-bond acceptors (Lipinski definition) is 3. The van der Waals surface area contributed by atoms with Gasteiger partial charge in [0.2, 0.25) is 5.91 Å². The predicted octanol–water partition coefficient (Wildman–Crippen LogP) is 3.16. The summed E-state index contributed by atoms with van der Waals surface area (Å²) in [5, 5.41) is 5.63. The Labute approximate surface area is 143 Å². The van der Waals surface area contributed by atoms with Gasteiger partial charge in [-0.1, -0.05) is 11.6 Å². The normalized spacial score (nSPS) is 10.2. The Morgan fingerprint density at radius 2 is 1.88 bits per heavy atom. The maximum absolute atomic E-state index is 12.8. The molecule has 0 aromatic heterocycles. The molecule has 0 fully saturated rings. The summed E-state index contributed by atoms with van der Waals surface area (Å²) in [4.78, 5) is 23.9. The summed E-state index contributed by atoms with van der Waals surface area (Å²) in [6.45, 7) is 1.56. The van der Waals surface area contributed by atoms with E-state index in [9.17, 15) is 14.0 Å². The Hall–Kier alpha value is -2.60. The molecule has 0 unspecified atom stereocenters. The molecule has 2 aromatic rings. The fourth-order valence-electron chi connectivity index (χ4n) is 1.99. The zero-order valence-electron chi connectivity index (χ0n) is 13.2. The van der Waals surface area contributed by atoms with E-state index in [-0.39, 0.29) is 12.1 Å². The van der Waals surface area contributed by atoms with E-state index in [1.54, 1.807) is 19.1 Å². The van der Waals surface area contributed by atoms with Crippen LogP contribution in [0.1, 0.15) is 15.9 Å². The SMILES string of the molecule is COc1cc(Cl)c(C)cc1NC(=O)CNC(=O)c1ccc(F)cc1. The molecular weight excluding hydrogens is 335 g/mol. The molecule has 0 radical (unpaired) electrons. The van der Waals surface area contributed by atoms with Gasteiger partial charge >= 0.3 is 0 Å². The van der Waals surface area contributed by atoms with Crippen molar-refractivity contribution in [3.05, 3.63) is 58.4 Å². The summed E-state index contributed by atoms with van der Waals surface area (Å²) in [6.07, 6.45) is 0. The van der Waals surface area contributed by atoms with Crippen molar-refractivity contribution in [2.24, 2.45) is 0 Å². The molecule has 0 aliphatic carbocycles. The van der Waals surface area contributed by atoms with Crippen LogP contribution in [0.2, 0.25) is 5.02 Å². The highest BCUT2D eigenvalue weighted by molar-refractivity contribution is 6.31. The number of rotatable bonds is 5.